The number of piperidine rings is 1. The molecule has 6 nitrogen and oxygen atoms in total. The molecule has 1 fully saturated rings. The van der Waals surface area contributed by atoms with Crippen LogP contribution in [0.5, 0.6) is 5.75 Å². The van der Waals surface area contributed by atoms with Crippen LogP contribution in [0.15, 0.2) is 45.6 Å². The van der Waals surface area contributed by atoms with Crippen LogP contribution in [0.3, 0.4) is 0 Å². The van der Waals surface area contributed by atoms with Crippen molar-refractivity contribution in [2.75, 3.05) is 13.1 Å². The fraction of sp³-hybridized carbons (Fsp3) is 0.333. The first-order valence-corrected chi connectivity index (χ1v) is 10.2. The van der Waals surface area contributed by atoms with E-state index in [4.69, 9.17) is 9.52 Å². The molecule has 156 valence electrons. The number of carbonyl (C=O) groups is 1. The van der Waals surface area contributed by atoms with Gasteiger partial charge in [-0.2, -0.15) is 0 Å². The van der Waals surface area contributed by atoms with E-state index < -0.39 is 5.97 Å². The van der Waals surface area contributed by atoms with Gasteiger partial charge in [0.1, 0.15) is 17.1 Å². The molecule has 2 N–H and O–H groups in total. The van der Waals surface area contributed by atoms with E-state index in [2.05, 4.69) is 4.90 Å². The number of likely N-dealkylation sites (tertiary alicyclic amines) is 1. The van der Waals surface area contributed by atoms with Crippen LogP contribution >= 0.6 is 0 Å². The molecule has 30 heavy (non-hydrogen) atoms. The molecule has 1 unspecified atom stereocenters. The summed E-state index contributed by atoms with van der Waals surface area (Å²) in [5, 5.41) is 19.6. The molecule has 2 aromatic carbocycles. The van der Waals surface area contributed by atoms with E-state index in [0.29, 0.717) is 34.4 Å². The van der Waals surface area contributed by atoms with E-state index in [1.165, 1.54) is 6.07 Å². The number of aromatic hydroxyl groups is 1. The summed E-state index contributed by atoms with van der Waals surface area (Å²) in [6, 6.07) is 10.1. The van der Waals surface area contributed by atoms with Crippen molar-refractivity contribution >= 4 is 16.9 Å². The van der Waals surface area contributed by atoms with Crippen molar-refractivity contribution in [2.24, 2.45) is 0 Å². The summed E-state index contributed by atoms with van der Waals surface area (Å²) in [6.07, 6.45) is 1.92. The highest BCUT2D eigenvalue weighted by Crippen LogP contribution is 2.33. The summed E-state index contributed by atoms with van der Waals surface area (Å²) in [5.41, 5.74) is 2.96. The van der Waals surface area contributed by atoms with Crippen molar-refractivity contribution in [1.82, 2.24) is 4.90 Å². The largest absolute Gasteiger partial charge is 0.508 e. The van der Waals surface area contributed by atoms with Gasteiger partial charge in [0.2, 0.25) is 0 Å². The van der Waals surface area contributed by atoms with Gasteiger partial charge >= 0.3 is 5.97 Å². The Bertz CT molecular complexity index is 1160. The standard InChI is InChI=1S/C24H25NO5/c1-14-20(26)10-9-19-21(27)15(2)22(30-23(14)19)18-4-3-11-25(13-18)12-16-5-7-17(8-6-16)24(28)29/h5-10,18,26H,3-4,11-13H2,1-2H3,(H,28,29). The number of nitrogens with zero attached hydrogens (tertiary/aromatic N) is 1. The first-order chi connectivity index (χ1) is 14.3. The fourth-order valence-electron chi connectivity index (χ4n) is 4.31. The minimum absolute atomic E-state index is 0.0456. The molecule has 0 aliphatic carbocycles. The number of aromatic carboxylic acids is 1. The predicted octanol–water partition coefficient (Wildman–Crippen LogP) is 4.19. The summed E-state index contributed by atoms with van der Waals surface area (Å²) in [4.78, 5) is 26.3. The van der Waals surface area contributed by atoms with Crippen molar-refractivity contribution in [3.05, 3.63) is 74.6 Å². The number of rotatable bonds is 4. The van der Waals surface area contributed by atoms with Gasteiger partial charge in [-0.3, -0.25) is 9.69 Å². The van der Waals surface area contributed by atoms with Crippen LogP contribution in [0.4, 0.5) is 0 Å². The number of fused-ring (bicyclic) bond motifs is 1. The molecule has 4 rings (SSSR count). The van der Waals surface area contributed by atoms with E-state index in [9.17, 15) is 14.7 Å². The van der Waals surface area contributed by atoms with Crippen molar-refractivity contribution in [2.45, 2.75) is 39.2 Å². The molecule has 1 aliphatic heterocycles. The van der Waals surface area contributed by atoms with Gasteiger partial charge in [-0.1, -0.05) is 12.1 Å². The summed E-state index contributed by atoms with van der Waals surface area (Å²) in [5.74, 6) is -0.0127. The monoisotopic (exact) mass is 407 g/mol. The van der Waals surface area contributed by atoms with E-state index in [0.717, 1.165) is 31.5 Å². The van der Waals surface area contributed by atoms with Crippen molar-refractivity contribution in [1.29, 1.82) is 0 Å². The van der Waals surface area contributed by atoms with Crippen LogP contribution in [0.25, 0.3) is 11.0 Å². The SMILES string of the molecule is Cc1c(C2CCCN(Cc3ccc(C(=O)O)cc3)C2)oc2c(C)c(O)ccc2c1=O. The number of hydrogen-bond acceptors (Lipinski definition) is 5. The number of phenols is 1. The van der Waals surface area contributed by atoms with Gasteiger partial charge in [0.15, 0.2) is 5.43 Å². The average molecular weight is 407 g/mol. The second kappa shape index (κ2) is 7.95. The Morgan fingerprint density at radius 3 is 2.57 bits per heavy atom. The van der Waals surface area contributed by atoms with E-state index >= 15 is 0 Å². The third-order valence-electron chi connectivity index (χ3n) is 6.03. The van der Waals surface area contributed by atoms with Crippen molar-refractivity contribution in [3.63, 3.8) is 0 Å². The second-order valence-corrected chi connectivity index (χ2v) is 8.08. The number of phenolic OH excluding ortho intramolecular Hbond substituents is 1. The number of carboxylic acid groups (broad SMARTS) is 1. The van der Waals surface area contributed by atoms with Crippen LogP contribution in [-0.4, -0.2) is 34.2 Å². The highest BCUT2D eigenvalue weighted by atomic mass is 16.4. The molecule has 1 atom stereocenters. The molecule has 1 saturated heterocycles. The molecule has 0 bridgehead atoms. The minimum Gasteiger partial charge on any atom is -0.508 e. The second-order valence-electron chi connectivity index (χ2n) is 8.08. The number of aryl methyl sites for hydroxylation is 1. The van der Waals surface area contributed by atoms with Crippen LogP contribution < -0.4 is 5.43 Å². The Labute approximate surface area is 174 Å². The minimum atomic E-state index is -0.928. The maximum Gasteiger partial charge on any atom is 0.335 e. The molecule has 1 aromatic heterocycles. The summed E-state index contributed by atoms with van der Waals surface area (Å²) in [7, 11) is 0. The average Bonchev–Trinajstić information content (AvgIpc) is 2.74. The molecule has 0 radical (unpaired) electrons. The molecule has 0 spiro atoms. The molecular weight excluding hydrogens is 382 g/mol. The maximum atomic E-state index is 12.9. The van der Waals surface area contributed by atoms with Crippen molar-refractivity contribution < 1.29 is 19.4 Å². The van der Waals surface area contributed by atoms with Crippen molar-refractivity contribution in [3.8, 4) is 5.75 Å². The number of benzene rings is 2. The molecule has 0 amide bonds. The highest BCUT2D eigenvalue weighted by Gasteiger charge is 2.27. The van der Waals surface area contributed by atoms with E-state index in [-0.39, 0.29) is 22.7 Å². The lowest BCUT2D eigenvalue weighted by Crippen LogP contribution is -2.34. The lowest BCUT2D eigenvalue weighted by molar-refractivity contribution is 0.0697. The first-order valence-electron chi connectivity index (χ1n) is 10.2. The number of hydrogen-bond donors (Lipinski definition) is 2. The Hall–Kier alpha value is -3.12. The fourth-order valence-corrected chi connectivity index (χ4v) is 4.31. The number of carboxylic acids is 1. The zero-order valence-electron chi connectivity index (χ0n) is 17.1. The van der Waals surface area contributed by atoms with E-state index in [1.54, 1.807) is 25.1 Å². The topological polar surface area (TPSA) is 91.0 Å². The smallest absolute Gasteiger partial charge is 0.335 e. The lowest BCUT2D eigenvalue weighted by atomic mass is 9.92. The Morgan fingerprint density at radius 2 is 1.87 bits per heavy atom. The predicted molar refractivity (Wildman–Crippen MR) is 114 cm³/mol. The molecule has 1 aliphatic rings. The molecule has 6 heteroatoms. The van der Waals surface area contributed by atoms with Gasteiger partial charge in [-0.15, -0.1) is 0 Å². The van der Waals surface area contributed by atoms with Gasteiger partial charge < -0.3 is 14.6 Å². The van der Waals surface area contributed by atoms with Crippen LogP contribution in [0.1, 0.15) is 51.6 Å². The lowest BCUT2D eigenvalue weighted by Gasteiger charge is -2.32. The van der Waals surface area contributed by atoms with E-state index in [1.807, 2.05) is 19.1 Å². The Balaban J connectivity index is 1.60. The summed E-state index contributed by atoms with van der Waals surface area (Å²) in [6.45, 7) is 5.98. The van der Waals surface area contributed by atoms with Gasteiger partial charge in [0, 0.05) is 30.1 Å². The molecule has 0 saturated carbocycles. The molecular formula is C24H25NO5. The molecule has 3 aromatic rings. The first kappa shape index (κ1) is 20.2. The van der Waals surface area contributed by atoms with Gasteiger partial charge in [0.25, 0.3) is 0 Å². The summed E-state index contributed by atoms with van der Waals surface area (Å²) < 4.78 is 6.21. The van der Waals surface area contributed by atoms with Crippen LogP contribution in [0.2, 0.25) is 0 Å². The summed E-state index contributed by atoms with van der Waals surface area (Å²) >= 11 is 0. The normalized spacial score (nSPS) is 17.3. The van der Waals surface area contributed by atoms with Gasteiger partial charge in [0.05, 0.1) is 10.9 Å². The maximum absolute atomic E-state index is 12.9. The van der Waals surface area contributed by atoms with Gasteiger partial charge in [-0.05, 0) is 63.1 Å². The Morgan fingerprint density at radius 1 is 1.13 bits per heavy atom. The zero-order chi connectivity index (χ0) is 21.4. The highest BCUT2D eigenvalue weighted by molar-refractivity contribution is 5.87. The van der Waals surface area contributed by atoms with Gasteiger partial charge in [-0.25, -0.2) is 4.79 Å². The third kappa shape index (κ3) is 3.71. The quantitative estimate of drug-likeness (QED) is 0.674. The zero-order valence-corrected chi connectivity index (χ0v) is 17.1. The Kier molecular flexibility index (Phi) is 5.35. The van der Waals surface area contributed by atoms with Crippen LogP contribution in [0, 0.1) is 13.8 Å². The van der Waals surface area contributed by atoms with Crippen LogP contribution in [-0.2, 0) is 6.54 Å². The molecule has 2 heterocycles. The third-order valence-corrected chi connectivity index (χ3v) is 6.03.